The Morgan fingerprint density at radius 1 is 1.08 bits per heavy atom. The van der Waals surface area contributed by atoms with Crippen LogP contribution >= 0.6 is 0 Å². The third-order valence-corrected chi connectivity index (χ3v) is 7.34. The second-order valence-corrected chi connectivity index (χ2v) is 9.99. The molecule has 8 bridgehead atoms. The van der Waals surface area contributed by atoms with Gasteiger partial charge in [-0.25, -0.2) is 0 Å². The molecule has 0 spiro atoms. The van der Waals surface area contributed by atoms with Gasteiger partial charge < -0.3 is 15.1 Å². The van der Waals surface area contributed by atoms with Crippen LogP contribution in [0, 0.1) is 11.8 Å². The molecule has 8 nitrogen and oxygen atoms in total. The lowest BCUT2D eigenvalue weighted by Crippen LogP contribution is -2.32. The second-order valence-electron chi connectivity index (χ2n) is 9.99. The van der Waals surface area contributed by atoms with Crippen LogP contribution in [0.15, 0.2) is 52.0 Å². The molecule has 0 aromatic carbocycles. The van der Waals surface area contributed by atoms with E-state index in [0.29, 0.717) is 36.8 Å². The lowest BCUT2D eigenvalue weighted by atomic mass is 9.80. The van der Waals surface area contributed by atoms with Crippen LogP contribution in [0.3, 0.4) is 0 Å². The van der Waals surface area contributed by atoms with E-state index >= 15 is 0 Å². The third kappa shape index (κ3) is 4.10. The standard InChI is InChI=1S/C28H28N4O3.H2O/c1-32(2)15-17-4-3-16-9-21-23-14-29-13-18(23)10-20(16)27(17)30-6-5-19-11-22-24(33)12-25(34)26(21)28(22)31-7-8-35-19;/h7,9-11,13-14,17,22H,3-6,8,12,15H2,1-2H3;1H2/b19-11-,30-27?,31-7?;. The van der Waals surface area contributed by atoms with Gasteiger partial charge >= 0.3 is 0 Å². The van der Waals surface area contributed by atoms with Crippen molar-refractivity contribution in [3.8, 4) is 11.1 Å². The zero-order valence-corrected chi connectivity index (χ0v) is 20.6. The number of allylic oxidation sites excluding steroid dienone is 2. The van der Waals surface area contributed by atoms with E-state index in [2.05, 4.69) is 41.1 Å². The van der Waals surface area contributed by atoms with Crippen LogP contribution in [0.25, 0.3) is 16.7 Å². The SMILES string of the molecule is CN(C)CC1CCc2cc3c4cncc-4cc2C1=NCC/C1=C/C2C(=O)CC(=O)C3=C2N=CCO1.O. The molecule has 6 aliphatic rings. The smallest absolute Gasteiger partial charge is 0.172 e. The van der Waals surface area contributed by atoms with Crippen molar-refractivity contribution in [2.45, 2.75) is 25.7 Å². The summed E-state index contributed by atoms with van der Waals surface area (Å²) in [5.74, 6) is 0.133. The second kappa shape index (κ2) is 9.52. The summed E-state index contributed by atoms with van der Waals surface area (Å²) in [5, 5.41) is 0. The molecule has 3 aliphatic carbocycles. The van der Waals surface area contributed by atoms with Crippen LogP contribution in [0.1, 0.15) is 36.0 Å². The van der Waals surface area contributed by atoms with Crippen molar-refractivity contribution in [3.05, 3.63) is 58.7 Å². The number of aliphatic imine (C=N–C) groups is 2. The number of Topliss-reactive ketones (excluding diaryl/α,β-unsaturated/α-hetero) is 2. The Kier molecular flexibility index (Phi) is 6.40. The van der Waals surface area contributed by atoms with Gasteiger partial charge in [0.15, 0.2) is 11.6 Å². The monoisotopic (exact) mass is 486 g/mol. The lowest BCUT2D eigenvalue weighted by Gasteiger charge is -2.28. The van der Waals surface area contributed by atoms with E-state index in [4.69, 9.17) is 9.73 Å². The zero-order valence-electron chi connectivity index (χ0n) is 20.6. The van der Waals surface area contributed by atoms with E-state index in [1.807, 2.05) is 18.5 Å². The number of carbonyl (C=O) groups is 2. The zero-order chi connectivity index (χ0) is 24.1. The summed E-state index contributed by atoms with van der Waals surface area (Å²) in [6, 6.07) is 4.33. The van der Waals surface area contributed by atoms with Gasteiger partial charge in [-0.3, -0.25) is 24.6 Å². The maximum Gasteiger partial charge on any atom is 0.172 e. The largest absolute Gasteiger partial charge is 0.493 e. The number of ether oxygens (including phenoxy) is 1. The van der Waals surface area contributed by atoms with Crippen molar-refractivity contribution in [2.24, 2.45) is 21.8 Å². The van der Waals surface area contributed by atoms with Crippen LogP contribution in [0.5, 0.6) is 0 Å². The minimum atomic E-state index is -0.600. The van der Waals surface area contributed by atoms with Gasteiger partial charge in [-0.1, -0.05) is 0 Å². The van der Waals surface area contributed by atoms with Crippen molar-refractivity contribution in [1.29, 1.82) is 0 Å². The van der Waals surface area contributed by atoms with Gasteiger partial charge in [0.1, 0.15) is 6.61 Å². The van der Waals surface area contributed by atoms with Crippen molar-refractivity contribution in [2.75, 3.05) is 33.8 Å². The van der Waals surface area contributed by atoms with Crippen LogP contribution in [-0.4, -0.2) is 72.6 Å². The highest BCUT2D eigenvalue weighted by atomic mass is 16.5. The molecule has 186 valence electrons. The molecule has 2 unspecified atom stereocenters. The fourth-order valence-electron chi connectivity index (χ4n) is 5.79. The Labute approximate surface area is 210 Å². The van der Waals surface area contributed by atoms with Gasteiger partial charge in [-0.15, -0.1) is 0 Å². The maximum atomic E-state index is 13.4. The number of fused-ring (bicyclic) bond motifs is 4. The number of nitrogens with zero attached hydrogens (tertiary/aromatic N) is 4. The molecular formula is C28H30N4O4. The molecule has 0 aromatic rings. The Hall–Kier alpha value is -3.49. The molecule has 0 aromatic heterocycles. The predicted octanol–water partition coefficient (Wildman–Crippen LogP) is 2.53. The first-order chi connectivity index (χ1) is 17.0. The van der Waals surface area contributed by atoms with Gasteiger partial charge in [-0.05, 0) is 61.8 Å². The van der Waals surface area contributed by atoms with Gasteiger partial charge in [0.25, 0.3) is 0 Å². The Morgan fingerprint density at radius 3 is 2.78 bits per heavy atom. The number of carbonyl (C=O) groups excluding carboxylic acids is 2. The number of aromatic nitrogens is 1. The number of hydrogen-bond acceptors (Lipinski definition) is 7. The topological polar surface area (TPSA) is 116 Å². The average molecular weight is 487 g/mol. The summed E-state index contributed by atoms with van der Waals surface area (Å²) in [6.07, 6.45) is 9.56. The van der Waals surface area contributed by atoms with Crippen LogP contribution in [-0.2, 0) is 20.7 Å². The number of aryl methyl sites for hydroxylation is 1. The predicted molar refractivity (Wildman–Crippen MR) is 138 cm³/mol. The highest BCUT2D eigenvalue weighted by Crippen LogP contribution is 2.42. The first-order valence-electron chi connectivity index (χ1n) is 12.3. The fourth-order valence-corrected chi connectivity index (χ4v) is 5.79. The Bertz CT molecular complexity index is 1340. The molecule has 0 saturated carbocycles. The molecule has 3 heterocycles. The van der Waals surface area contributed by atoms with E-state index < -0.39 is 5.92 Å². The summed E-state index contributed by atoms with van der Waals surface area (Å²) in [4.78, 5) is 42.9. The molecule has 8 heteroatoms. The first-order valence-corrected chi connectivity index (χ1v) is 12.3. The van der Waals surface area contributed by atoms with E-state index in [0.717, 1.165) is 53.1 Å². The lowest BCUT2D eigenvalue weighted by molar-refractivity contribution is -0.126. The van der Waals surface area contributed by atoms with E-state index in [1.165, 1.54) is 5.56 Å². The summed E-state index contributed by atoms with van der Waals surface area (Å²) in [7, 11) is 4.19. The molecule has 2 atom stereocenters. The van der Waals surface area contributed by atoms with Gasteiger partial charge in [0, 0.05) is 66.4 Å². The highest BCUT2D eigenvalue weighted by molar-refractivity contribution is 6.31. The minimum Gasteiger partial charge on any atom is -0.493 e. The van der Waals surface area contributed by atoms with Crippen LogP contribution < -0.4 is 0 Å². The molecule has 36 heavy (non-hydrogen) atoms. The quantitative estimate of drug-likeness (QED) is 0.605. The molecule has 6 rings (SSSR count). The van der Waals surface area contributed by atoms with E-state index in [1.54, 1.807) is 6.21 Å². The molecule has 0 saturated heterocycles. The van der Waals surface area contributed by atoms with Gasteiger partial charge in [-0.2, -0.15) is 0 Å². The van der Waals surface area contributed by atoms with Crippen molar-refractivity contribution >= 4 is 29.1 Å². The number of rotatable bonds is 2. The minimum absolute atomic E-state index is 0. The summed E-state index contributed by atoms with van der Waals surface area (Å²) in [6.45, 7) is 1.78. The number of ketones is 2. The van der Waals surface area contributed by atoms with Gasteiger partial charge in [0.2, 0.25) is 0 Å². The normalized spacial score (nSPS) is 24.6. The summed E-state index contributed by atoms with van der Waals surface area (Å²) in [5.41, 5.74) is 7.17. The van der Waals surface area contributed by atoms with E-state index in [-0.39, 0.29) is 23.5 Å². The summed E-state index contributed by atoms with van der Waals surface area (Å²) >= 11 is 0. The van der Waals surface area contributed by atoms with Crippen molar-refractivity contribution < 1.29 is 19.8 Å². The van der Waals surface area contributed by atoms with Crippen LogP contribution in [0.4, 0.5) is 0 Å². The van der Waals surface area contributed by atoms with Crippen molar-refractivity contribution in [3.63, 3.8) is 0 Å². The Balaban J connectivity index is 0.00000267. The van der Waals surface area contributed by atoms with Gasteiger partial charge in [0.05, 0.1) is 23.8 Å². The Morgan fingerprint density at radius 2 is 1.94 bits per heavy atom. The van der Waals surface area contributed by atoms with Crippen molar-refractivity contribution in [1.82, 2.24) is 9.88 Å². The fraction of sp³-hybridized carbons (Fsp3) is 0.393. The highest BCUT2D eigenvalue weighted by Gasteiger charge is 2.37. The molecule has 0 amide bonds. The first kappa shape index (κ1) is 24.2. The molecule has 0 fully saturated rings. The maximum absolute atomic E-state index is 13.4. The molecule has 2 N–H and O–H groups in total. The molecular weight excluding hydrogens is 456 g/mol. The molecule has 3 aliphatic heterocycles. The number of hydrogen-bond donors (Lipinski definition) is 0. The van der Waals surface area contributed by atoms with Crippen LogP contribution in [0.2, 0.25) is 0 Å². The summed E-state index contributed by atoms with van der Waals surface area (Å²) < 4.78 is 5.94. The third-order valence-electron chi connectivity index (χ3n) is 7.34. The average Bonchev–Trinajstić information content (AvgIpc) is 3.19. The molecule has 0 radical (unpaired) electrons. The van der Waals surface area contributed by atoms with E-state index in [9.17, 15) is 9.59 Å².